The van der Waals surface area contributed by atoms with Crippen LogP contribution in [0, 0.1) is 17.8 Å². The van der Waals surface area contributed by atoms with Gasteiger partial charge in [0.2, 0.25) is 0 Å². The highest BCUT2D eigenvalue weighted by molar-refractivity contribution is 5.69. The third-order valence-corrected chi connectivity index (χ3v) is 10.00. The molecule has 2 N–H and O–H groups in total. The van der Waals surface area contributed by atoms with Crippen molar-refractivity contribution in [2.45, 2.75) is 175 Å². The van der Waals surface area contributed by atoms with E-state index in [2.05, 4.69) is 19.1 Å². The quantitative estimate of drug-likeness (QED) is 0.0407. The van der Waals surface area contributed by atoms with E-state index in [1.807, 2.05) is 0 Å². The first kappa shape index (κ1) is 44.1. The lowest BCUT2D eigenvalue weighted by atomic mass is 10.0. The number of carboxylic acids is 3. The Morgan fingerprint density at radius 1 is 0.522 bits per heavy atom. The largest absolute Gasteiger partial charge is 0.550 e. The highest BCUT2D eigenvalue weighted by Crippen LogP contribution is 2.22. The van der Waals surface area contributed by atoms with E-state index in [9.17, 15) is 29.7 Å². The van der Waals surface area contributed by atoms with E-state index >= 15 is 0 Å². The van der Waals surface area contributed by atoms with Crippen LogP contribution >= 0.6 is 0 Å². The summed E-state index contributed by atoms with van der Waals surface area (Å²) < 4.78 is 0.584. The Hall–Kier alpha value is -1.89. The smallest absolute Gasteiger partial charge is 0.306 e. The molecule has 0 amide bonds. The number of carbonyl (C=O) groups excluding carboxylic acids is 1. The van der Waals surface area contributed by atoms with Crippen molar-refractivity contribution >= 4 is 17.9 Å². The number of hydrogen-bond acceptors (Lipinski definition) is 4. The van der Waals surface area contributed by atoms with Gasteiger partial charge < -0.3 is 24.6 Å². The van der Waals surface area contributed by atoms with E-state index in [4.69, 9.17) is 0 Å². The molecule has 0 fully saturated rings. The molecular weight excluding hydrogens is 578 g/mol. The van der Waals surface area contributed by atoms with Crippen molar-refractivity contribution in [2.75, 3.05) is 26.2 Å². The fourth-order valence-corrected chi connectivity index (χ4v) is 6.19. The summed E-state index contributed by atoms with van der Waals surface area (Å²) in [5.74, 6) is -4.31. The Morgan fingerprint density at radius 3 is 1.20 bits per heavy atom. The molecule has 3 atom stereocenters. The summed E-state index contributed by atoms with van der Waals surface area (Å²) in [4.78, 5) is 34.4. The van der Waals surface area contributed by atoms with Gasteiger partial charge in [0.25, 0.3) is 0 Å². The summed E-state index contributed by atoms with van der Waals surface area (Å²) in [6.45, 7) is 10.00. The zero-order valence-corrected chi connectivity index (χ0v) is 30.5. The van der Waals surface area contributed by atoms with E-state index in [1.54, 1.807) is 20.8 Å². The molecule has 46 heavy (non-hydrogen) atoms. The third-order valence-electron chi connectivity index (χ3n) is 10.00. The van der Waals surface area contributed by atoms with E-state index < -0.39 is 35.7 Å². The van der Waals surface area contributed by atoms with Gasteiger partial charge in [-0.1, -0.05) is 130 Å². The van der Waals surface area contributed by atoms with Crippen LogP contribution in [-0.2, 0) is 14.4 Å². The number of rotatable bonds is 34. The molecule has 270 valence electrons. The van der Waals surface area contributed by atoms with Crippen molar-refractivity contribution in [3.05, 3.63) is 12.2 Å². The predicted octanol–water partition coefficient (Wildman–Crippen LogP) is 9.18. The number of carboxylic acid groups (broad SMARTS) is 3. The van der Waals surface area contributed by atoms with Crippen LogP contribution in [-0.4, -0.2) is 58.8 Å². The molecule has 0 aliphatic carbocycles. The molecule has 0 aliphatic rings. The second-order valence-corrected chi connectivity index (χ2v) is 14.4. The molecule has 0 aromatic carbocycles. The first-order valence-corrected chi connectivity index (χ1v) is 19.2. The average molecular weight is 652 g/mol. The number of quaternary nitrogens is 1. The normalized spacial score (nSPS) is 15.0. The van der Waals surface area contributed by atoms with Crippen LogP contribution in [0.15, 0.2) is 12.2 Å². The summed E-state index contributed by atoms with van der Waals surface area (Å²) in [7, 11) is 0. The van der Waals surface area contributed by atoms with Crippen molar-refractivity contribution in [3.63, 3.8) is 0 Å². The molecule has 0 rings (SSSR count). The van der Waals surface area contributed by atoms with Gasteiger partial charge in [-0.25, -0.2) is 0 Å². The van der Waals surface area contributed by atoms with Crippen molar-refractivity contribution in [3.8, 4) is 0 Å². The van der Waals surface area contributed by atoms with Crippen molar-refractivity contribution in [1.29, 1.82) is 0 Å². The molecule has 0 saturated carbocycles. The van der Waals surface area contributed by atoms with Gasteiger partial charge in [0.15, 0.2) is 0 Å². The fourth-order valence-electron chi connectivity index (χ4n) is 6.19. The van der Waals surface area contributed by atoms with Gasteiger partial charge in [0, 0.05) is 31.1 Å². The number of aliphatic carboxylic acids is 3. The van der Waals surface area contributed by atoms with Gasteiger partial charge in [-0.2, -0.15) is 0 Å². The molecule has 3 unspecified atom stereocenters. The minimum atomic E-state index is -1.07. The topological polar surface area (TPSA) is 115 Å². The van der Waals surface area contributed by atoms with E-state index in [1.165, 1.54) is 109 Å². The van der Waals surface area contributed by atoms with Crippen LogP contribution < -0.4 is 5.11 Å². The number of allylic oxidation sites excluding steroid dienone is 2. The lowest BCUT2D eigenvalue weighted by Crippen LogP contribution is -2.52. The lowest BCUT2D eigenvalue weighted by Gasteiger charge is -2.41. The molecule has 0 aliphatic heterocycles. The number of nitrogens with zero attached hydrogens (tertiary/aromatic N) is 1. The van der Waals surface area contributed by atoms with Crippen molar-refractivity contribution < 1.29 is 34.2 Å². The highest BCUT2D eigenvalue weighted by Gasteiger charge is 2.30. The summed E-state index contributed by atoms with van der Waals surface area (Å²) in [6, 6.07) is 0. The Morgan fingerprint density at radius 2 is 0.848 bits per heavy atom. The number of unbranched alkanes of at least 4 members (excludes halogenated alkanes) is 18. The monoisotopic (exact) mass is 652 g/mol. The second-order valence-electron chi connectivity index (χ2n) is 14.4. The van der Waals surface area contributed by atoms with Gasteiger partial charge in [-0.05, 0) is 38.5 Å². The van der Waals surface area contributed by atoms with Crippen LogP contribution in [0.25, 0.3) is 0 Å². The van der Waals surface area contributed by atoms with Crippen LogP contribution in [0.1, 0.15) is 175 Å². The standard InChI is InChI=1S/C39H73NO6/c1-5-6-7-8-9-10-11-12-13-14-15-16-17-18-19-20-21-22-23-24-25-26-30-40(31-27-34(2)37(41)42,32-28-35(3)38(43)44)33-29-36(4)39(45)46/h15-16,34-36H,5-14,17-33H2,1-4H3,(H2-,41,42,43,44,45,46)/b16-15+. The summed E-state index contributed by atoms with van der Waals surface area (Å²) >= 11 is 0. The average Bonchev–Trinajstić information content (AvgIpc) is 3.03. The molecular formula is C39H73NO6. The summed E-state index contributed by atoms with van der Waals surface area (Å²) in [6.07, 6.45) is 32.0. The minimum Gasteiger partial charge on any atom is -0.550 e. The van der Waals surface area contributed by atoms with E-state index in [0.717, 1.165) is 25.8 Å². The van der Waals surface area contributed by atoms with Gasteiger partial charge in [0.1, 0.15) is 0 Å². The lowest BCUT2D eigenvalue weighted by molar-refractivity contribution is -0.929. The van der Waals surface area contributed by atoms with E-state index in [0.29, 0.717) is 43.4 Å². The SMILES string of the molecule is CCCCCCCCCCC/C=C/CCCCCCCCCCC[N+](CCC(C)C(=O)[O-])(CCC(C)C(=O)O)CCC(C)C(=O)O. The summed E-state index contributed by atoms with van der Waals surface area (Å²) in [5.41, 5.74) is 0. The maximum atomic E-state index is 11.5. The number of hydrogen-bond donors (Lipinski definition) is 2. The Balaban J connectivity index is 4.31. The first-order valence-electron chi connectivity index (χ1n) is 19.2. The summed E-state index contributed by atoms with van der Waals surface area (Å²) in [5, 5.41) is 30.3. The van der Waals surface area contributed by atoms with Crippen LogP contribution in [0.2, 0.25) is 0 Å². The molecule has 0 spiro atoms. The zero-order chi connectivity index (χ0) is 34.5. The van der Waals surface area contributed by atoms with Gasteiger partial charge in [0.05, 0.1) is 38.0 Å². The Labute approximate surface area is 283 Å². The van der Waals surface area contributed by atoms with Crippen LogP contribution in [0.4, 0.5) is 0 Å². The maximum Gasteiger partial charge on any atom is 0.306 e. The van der Waals surface area contributed by atoms with Gasteiger partial charge in [-0.15, -0.1) is 0 Å². The molecule has 7 heteroatoms. The molecule has 0 radical (unpaired) electrons. The van der Waals surface area contributed by atoms with Gasteiger partial charge in [-0.3, -0.25) is 9.59 Å². The van der Waals surface area contributed by atoms with Crippen LogP contribution in [0.3, 0.4) is 0 Å². The fraction of sp³-hybridized carbons (Fsp3) is 0.872. The molecule has 0 saturated heterocycles. The van der Waals surface area contributed by atoms with Crippen molar-refractivity contribution in [2.24, 2.45) is 17.8 Å². The molecule has 0 aromatic heterocycles. The number of carbonyl (C=O) groups is 3. The minimum absolute atomic E-state index is 0.445. The van der Waals surface area contributed by atoms with Crippen molar-refractivity contribution in [1.82, 2.24) is 0 Å². The zero-order valence-electron chi connectivity index (χ0n) is 30.5. The first-order chi connectivity index (χ1) is 22.0. The Bertz CT molecular complexity index is 738. The molecule has 7 nitrogen and oxygen atoms in total. The molecule has 0 bridgehead atoms. The van der Waals surface area contributed by atoms with E-state index in [-0.39, 0.29) is 0 Å². The third kappa shape index (κ3) is 25.2. The molecule has 0 aromatic rings. The Kier molecular flexibility index (Phi) is 28.1. The maximum absolute atomic E-state index is 11.5. The predicted molar refractivity (Wildman–Crippen MR) is 189 cm³/mol. The molecule has 0 heterocycles. The van der Waals surface area contributed by atoms with Gasteiger partial charge >= 0.3 is 11.9 Å². The van der Waals surface area contributed by atoms with Crippen LogP contribution in [0.5, 0.6) is 0 Å². The highest BCUT2D eigenvalue weighted by atomic mass is 16.4. The second kappa shape index (κ2) is 29.3.